The number of pyridine rings is 1. The number of aryl methyl sites for hydroxylation is 1. The summed E-state index contributed by atoms with van der Waals surface area (Å²) in [6.07, 6.45) is 5.55. The second kappa shape index (κ2) is 18.6. The van der Waals surface area contributed by atoms with Crippen LogP contribution in [0.1, 0.15) is 51.3 Å². The molecule has 6 aromatic rings. The Balaban J connectivity index is 1.39. The number of aromatic nitrogens is 3. The van der Waals surface area contributed by atoms with Crippen molar-refractivity contribution >= 4 is 22.6 Å². The minimum Gasteiger partial charge on any atom is -0.493 e. The van der Waals surface area contributed by atoms with Gasteiger partial charge >= 0.3 is 0 Å². The van der Waals surface area contributed by atoms with Crippen molar-refractivity contribution in [2.45, 2.75) is 59.6 Å². The fraction of sp³-hybridized carbons (Fsp3) is 0.318. The summed E-state index contributed by atoms with van der Waals surface area (Å²) in [7, 11) is 0. The van der Waals surface area contributed by atoms with Crippen LogP contribution >= 0.6 is 11.6 Å². The van der Waals surface area contributed by atoms with Crippen molar-refractivity contribution < 1.29 is 14.2 Å². The molecule has 0 unspecified atom stereocenters. The summed E-state index contributed by atoms with van der Waals surface area (Å²) >= 11 is 6.09. The molecule has 0 fully saturated rings. The second-order valence-electron chi connectivity index (χ2n) is 12.8. The van der Waals surface area contributed by atoms with Gasteiger partial charge < -0.3 is 23.7 Å². The summed E-state index contributed by atoms with van der Waals surface area (Å²) in [6, 6.07) is 35.4. The van der Waals surface area contributed by atoms with Crippen molar-refractivity contribution in [1.29, 1.82) is 0 Å². The highest BCUT2D eigenvalue weighted by Gasteiger charge is 2.21. The van der Waals surface area contributed by atoms with Gasteiger partial charge in [-0.05, 0) is 91.7 Å². The molecule has 0 aliphatic heterocycles. The summed E-state index contributed by atoms with van der Waals surface area (Å²) in [6.45, 7) is 12.0. The van der Waals surface area contributed by atoms with Crippen LogP contribution in [0.25, 0.3) is 33.5 Å². The van der Waals surface area contributed by atoms with Gasteiger partial charge in [-0.1, -0.05) is 75.2 Å². The van der Waals surface area contributed by atoms with E-state index in [1.165, 1.54) is 0 Å². The number of fused-ring (bicyclic) bond motifs is 1. The van der Waals surface area contributed by atoms with Crippen molar-refractivity contribution in [1.82, 2.24) is 19.4 Å². The number of ether oxygens (including phenoxy) is 3. The third kappa shape index (κ3) is 9.52. The van der Waals surface area contributed by atoms with Gasteiger partial charge in [-0.25, -0.2) is 4.98 Å². The average molecular weight is 716 g/mol. The van der Waals surface area contributed by atoms with E-state index < -0.39 is 0 Å². The number of rotatable bonds is 19. The molecule has 0 amide bonds. The first-order chi connectivity index (χ1) is 25.6. The van der Waals surface area contributed by atoms with Crippen LogP contribution in [0.3, 0.4) is 0 Å². The van der Waals surface area contributed by atoms with E-state index in [1.54, 1.807) is 6.20 Å². The number of hydrogen-bond acceptors (Lipinski definition) is 6. The van der Waals surface area contributed by atoms with Gasteiger partial charge in [-0.15, -0.1) is 0 Å². The van der Waals surface area contributed by atoms with E-state index in [1.807, 2.05) is 72.8 Å². The van der Waals surface area contributed by atoms with Crippen molar-refractivity contribution in [3.63, 3.8) is 0 Å². The van der Waals surface area contributed by atoms with Gasteiger partial charge in [0.1, 0.15) is 29.7 Å². The van der Waals surface area contributed by atoms with Gasteiger partial charge in [0.25, 0.3) is 0 Å². The highest BCUT2D eigenvalue weighted by Crippen LogP contribution is 2.40. The molecular formula is C44H48ClN4O3. The quantitative estimate of drug-likeness (QED) is 0.0778. The monoisotopic (exact) mass is 715 g/mol. The molecule has 0 spiro atoms. The molecule has 2 aromatic heterocycles. The SMILES string of the molecule is CCCCn1c(-c2ccc(OCCc3ccc(Cl)cc3)cc2OCc2ccccn2)nc2c(-c3c[c]ccc3)cc(OCCCN(CC)CC)cc21. The van der Waals surface area contributed by atoms with Crippen molar-refractivity contribution in [2.75, 3.05) is 32.8 Å². The highest BCUT2D eigenvalue weighted by atomic mass is 35.5. The molecule has 1 radical (unpaired) electrons. The van der Waals surface area contributed by atoms with Crippen LogP contribution in [-0.4, -0.2) is 52.3 Å². The molecule has 0 saturated carbocycles. The molecule has 0 bridgehead atoms. The number of benzene rings is 4. The third-order valence-corrected chi connectivity index (χ3v) is 9.48. The van der Waals surface area contributed by atoms with Gasteiger partial charge in [0.2, 0.25) is 0 Å². The Labute approximate surface area is 313 Å². The molecule has 6 rings (SSSR count). The summed E-state index contributed by atoms with van der Waals surface area (Å²) in [5.41, 5.74) is 6.90. The van der Waals surface area contributed by atoms with E-state index in [4.69, 9.17) is 30.8 Å². The normalized spacial score (nSPS) is 11.3. The Kier molecular flexibility index (Phi) is 13.2. The number of nitrogens with zero attached hydrogens (tertiary/aromatic N) is 4. The lowest BCUT2D eigenvalue weighted by molar-refractivity contribution is 0.249. The summed E-state index contributed by atoms with van der Waals surface area (Å²) < 4.78 is 21.6. The van der Waals surface area contributed by atoms with E-state index in [2.05, 4.69) is 65.6 Å². The van der Waals surface area contributed by atoms with Gasteiger partial charge in [0.15, 0.2) is 0 Å². The highest BCUT2D eigenvalue weighted by molar-refractivity contribution is 6.30. The lowest BCUT2D eigenvalue weighted by atomic mass is 10.0. The van der Waals surface area contributed by atoms with Crippen LogP contribution in [0.15, 0.2) is 103 Å². The van der Waals surface area contributed by atoms with Crippen molar-refractivity contribution in [2.24, 2.45) is 0 Å². The Morgan fingerprint density at radius 3 is 2.40 bits per heavy atom. The molecular weight excluding hydrogens is 668 g/mol. The summed E-state index contributed by atoms with van der Waals surface area (Å²) in [5.74, 6) is 3.09. The number of halogens is 1. The average Bonchev–Trinajstić information content (AvgIpc) is 3.55. The van der Waals surface area contributed by atoms with Gasteiger partial charge in [0, 0.05) is 48.4 Å². The number of unbranched alkanes of at least 4 members (excludes halogenated alkanes) is 1. The minimum absolute atomic E-state index is 0.313. The van der Waals surface area contributed by atoms with Crippen LogP contribution in [-0.2, 0) is 19.6 Å². The van der Waals surface area contributed by atoms with E-state index in [0.717, 1.165) is 113 Å². The summed E-state index contributed by atoms with van der Waals surface area (Å²) in [5, 5.41) is 0.726. The van der Waals surface area contributed by atoms with Crippen molar-refractivity contribution in [3.8, 4) is 39.8 Å². The first kappa shape index (κ1) is 36.9. The first-order valence-electron chi connectivity index (χ1n) is 18.5. The molecule has 269 valence electrons. The fourth-order valence-corrected chi connectivity index (χ4v) is 6.42. The Hall–Kier alpha value is -4.85. The maximum Gasteiger partial charge on any atom is 0.144 e. The van der Waals surface area contributed by atoms with E-state index in [-0.39, 0.29) is 0 Å². The maximum atomic E-state index is 6.55. The third-order valence-electron chi connectivity index (χ3n) is 9.23. The molecule has 0 aliphatic rings. The molecule has 0 aliphatic carbocycles. The van der Waals surface area contributed by atoms with E-state index >= 15 is 0 Å². The predicted molar refractivity (Wildman–Crippen MR) is 211 cm³/mol. The zero-order chi connectivity index (χ0) is 36.1. The Morgan fingerprint density at radius 2 is 1.65 bits per heavy atom. The molecule has 8 heteroatoms. The van der Waals surface area contributed by atoms with Crippen LogP contribution < -0.4 is 14.2 Å². The molecule has 2 heterocycles. The minimum atomic E-state index is 0.313. The Morgan fingerprint density at radius 1 is 0.808 bits per heavy atom. The lowest BCUT2D eigenvalue weighted by Gasteiger charge is -2.18. The first-order valence-corrected chi connectivity index (χ1v) is 18.8. The maximum absolute atomic E-state index is 6.55. The standard InChI is InChI=1S/C44H48ClN4O3/c1-4-7-26-49-41-30-38(50-27-13-25-48(5-2)6-3)29-40(34-14-9-8-10-15-34)43(41)47-44(49)39-22-21-37(51-28-23-33-17-19-35(45)20-18-33)31-42(39)52-32-36-16-11-12-24-46-36/h8-9,11-12,14-22,24,29-31H,4-7,13,23,25-28,32H2,1-3H3. The molecule has 0 N–H and O–H groups in total. The van der Waals surface area contributed by atoms with E-state index in [0.29, 0.717) is 25.6 Å². The van der Waals surface area contributed by atoms with E-state index in [9.17, 15) is 0 Å². The molecule has 7 nitrogen and oxygen atoms in total. The van der Waals surface area contributed by atoms with Crippen LogP contribution in [0.5, 0.6) is 17.2 Å². The Bertz CT molecular complexity index is 1990. The zero-order valence-corrected chi connectivity index (χ0v) is 31.2. The zero-order valence-electron chi connectivity index (χ0n) is 30.5. The largest absolute Gasteiger partial charge is 0.493 e. The fourth-order valence-electron chi connectivity index (χ4n) is 6.30. The van der Waals surface area contributed by atoms with Crippen molar-refractivity contribution in [3.05, 3.63) is 126 Å². The second-order valence-corrected chi connectivity index (χ2v) is 13.2. The molecule has 0 atom stereocenters. The predicted octanol–water partition coefficient (Wildman–Crippen LogP) is 10.3. The topological polar surface area (TPSA) is 61.6 Å². The molecule has 52 heavy (non-hydrogen) atoms. The van der Waals surface area contributed by atoms with Crippen LogP contribution in [0.4, 0.5) is 0 Å². The van der Waals surface area contributed by atoms with Gasteiger partial charge in [-0.3, -0.25) is 4.98 Å². The van der Waals surface area contributed by atoms with Crippen LogP contribution in [0.2, 0.25) is 5.02 Å². The molecule has 0 saturated heterocycles. The lowest BCUT2D eigenvalue weighted by Crippen LogP contribution is -2.25. The van der Waals surface area contributed by atoms with Gasteiger partial charge in [-0.2, -0.15) is 0 Å². The molecule has 4 aromatic carbocycles. The number of imidazole rings is 1. The smallest absolute Gasteiger partial charge is 0.144 e. The summed E-state index contributed by atoms with van der Waals surface area (Å²) in [4.78, 5) is 12.3. The van der Waals surface area contributed by atoms with Crippen LogP contribution in [0, 0.1) is 6.07 Å². The number of hydrogen-bond donors (Lipinski definition) is 0. The van der Waals surface area contributed by atoms with Gasteiger partial charge in [0.05, 0.1) is 35.5 Å².